The molecule has 0 heterocycles. The van der Waals surface area contributed by atoms with Gasteiger partial charge in [-0.2, -0.15) is 0 Å². The molecule has 0 radical (unpaired) electrons. The second-order valence-electron chi connectivity index (χ2n) is 5.27. The van der Waals surface area contributed by atoms with Crippen molar-refractivity contribution in [2.45, 2.75) is 26.7 Å². The topological polar surface area (TPSA) is 55.1 Å². The summed E-state index contributed by atoms with van der Waals surface area (Å²) in [7, 11) is 0. The van der Waals surface area contributed by atoms with Crippen LogP contribution in [0.15, 0.2) is 24.3 Å². The molecule has 0 atom stereocenters. The Balaban J connectivity index is 2.31. The molecule has 1 aromatic rings. The van der Waals surface area contributed by atoms with Gasteiger partial charge in [-0.1, -0.05) is 37.6 Å². The zero-order chi connectivity index (χ0) is 13.6. The number of amides is 1. The molecule has 0 saturated heterocycles. The van der Waals surface area contributed by atoms with Crippen LogP contribution in [-0.4, -0.2) is 19.0 Å². The quantitative estimate of drug-likeness (QED) is 0.832. The average Bonchev–Trinajstić information content (AvgIpc) is 2.36. The first kappa shape index (κ1) is 15.0. The number of benzene rings is 1. The molecule has 0 spiro atoms. The van der Waals surface area contributed by atoms with Gasteiger partial charge in [-0.25, -0.2) is 0 Å². The first-order chi connectivity index (χ1) is 8.43. The Kier molecular flexibility index (Phi) is 5.63. The van der Waals surface area contributed by atoms with Crippen LogP contribution < -0.4 is 11.1 Å². The van der Waals surface area contributed by atoms with Gasteiger partial charge in [0.1, 0.15) is 0 Å². The summed E-state index contributed by atoms with van der Waals surface area (Å²) in [6, 6.07) is 7.57. The zero-order valence-electron chi connectivity index (χ0n) is 11.0. The van der Waals surface area contributed by atoms with Crippen molar-refractivity contribution in [2.24, 2.45) is 11.1 Å². The van der Waals surface area contributed by atoms with Crippen LogP contribution in [-0.2, 0) is 11.2 Å². The highest BCUT2D eigenvalue weighted by Gasteiger charge is 2.16. The van der Waals surface area contributed by atoms with Crippen molar-refractivity contribution in [3.8, 4) is 0 Å². The van der Waals surface area contributed by atoms with Crippen molar-refractivity contribution in [3.05, 3.63) is 34.9 Å². The van der Waals surface area contributed by atoms with Crippen LogP contribution in [0.25, 0.3) is 0 Å². The monoisotopic (exact) mass is 268 g/mol. The molecule has 4 heteroatoms. The minimum Gasteiger partial charge on any atom is -0.356 e. The predicted molar refractivity (Wildman–Crippen MR) is 75.6 cm³/mol. The van der Waals surface area contributed by atoms with E-state index in [1.807, 2.05) is 38.1 Å². The number of aryl methyl sites for hydroxylation is 1. The van der Waals surface area contributed by atoms with E-state index in [0.29, 0.717) is 24.5 Å². The minimum atomic E-state index is -0.0457. The van der Waals surface area contributed by atoms with Gasteiger partial charge in [-0.3, -0.25) is 4.79 Å². The van der Waals surface area contributed by atoms with Crippen molar-refractivity contribution in [2.75, 3.05) is 13.1 Å². The highest BCUT2D eigenvalue weighted by atomic mass is 35.5. The van der Waals surface area contributed by atoms with Crippen molar-refractivity contribution in [3.63, 3.8) is 0 Å². The van der Waals surface area contributed by atoms with Crippen LogP contribution >= 0.6 is 11.6 Å². The fraction of sp³-hybridized carbons (Fsp3) is 0.500. The third kappa shape index (κ3) is 5.52. The van der Waals surface area contributed by atoms with Crippen molar-refractivity contribution in [1.82, 2.24) is 5.32 Å². The number of nitrogens with two attached hydrogens (primary N) is 1. The van der Waals surface area contributed by atoms with Gasteiger partial charge in [-0.15, -0.1) is 0 Å². The Morgan fingerprint density at radius 3 is 2.50 bits per heavy atom. The SMILES string of the molecule is CC(C)(CN)CNC(=O)CCc1ccc(Cl)cc1. The number of carbonyl (C=O) groups is 1. The smallest absolute Gasteiger partial charge is 0.220 e. The zero-order valence-corrected chi connectivity index (χ0v) is 11.8. The second kappa shape index (κ2) is 6.76. The molecular formula is C14H21ClN2O. The molecule has 3 nitrogen and oxygen atoms in total. The Labute approximate surface area is 114 Å². The third-order valence-corrected chi connectivity index (χ3v) is 3.12. The summed E-state index contributed by atoms with van der Waals surface area (Å²) in [5, 5.41) is 3.63. The molecule has 0 unspecified atom stereocenters. The summed E-state index contributed by atoms with van der Waals surface area (Å²) in [5.41, 5.74) is 6.68. The molecule has 100 valence electrons. The second-order valence-corrected chi connectivity index (χ2v) is 5.71. The van der Waals surface area contributed by atoms with E-state index in [1.54, 1.807) is 0 Å². The lowest BCUT2D eigenvalue weighted by molar-refractivity contribution is -0.121. The average molecular weight is 269 g/mol. The summed E-state index contributed by atoms with van der Waals surface area (Å²) in [4.78, 5) is 11.7. The van der Waals surface area contributed by atoms with Crippen LogP contribution in [0, 0.1) is 5.41 Å². The summed E-state index contributed by atoms with van der Waals surface area (Å²) >= 11 is 5.80. The van der Waals surface area contributed by atoms with Crippen LogP contribution in [0.3, 0.4) is 0 Å². The largest absolute Gasteiger partial charge is 0.356 e. The van der Waals surface area contributed by atoms with Gasteiger partial charge < -0.3 is 11.1 Å². The van der Waals surface area contributed by atoms with Gasteiger partial charge in [-0.05, 0) is 36.1 Å². The summed E-state index contributed by atoms with van der Waals surface area (Å²) in [5.74, 6) is 0.0616. The van der Waals surface area contributed by atoms with E-state index in [2.05, 4.69) is 5.32 Å². The van der Waals surface area contributed by atoms with Gasteiger partial charge >= 0.3 is 0 Å². The first-order valence-electron chi connectivity index (χ1n) is 6.14. The molecular weight excluding hydrogens is 248 g/mol. The Morgan fingerprint density at radius 2 is 1.94 bits per heavy atom. The maximum absolute atomic E-state index is 11.7. The summed E-state index contributed by atoms with van der Waals surface area (Å²) in [6.07, 6.45) is 1.22. The van der Waals surface area contributed by atoms with E-state index < -0.39 is 0 Å². The number of hydrogen-bond acceptors (Lipinski definition) is 2. The molecule has 0 saturated carbocycles. The Hall–Kier alpha value is -1.06. The predicted octanol–water partition coefficient (Wildman–Crippen LogP) is 2.37. The summed E-state index contributed by atoms with van der Waals surface area (Å²) < 4.78 is 0. The lowest BCUT2D eigenvalue weighted by atomic mass is 9.94. The van der Waals surface area contributed by atoms with Gasteiger partial charge in [0.05, 0.1) is 0 Å². The molecule has 3 N–H and O–H groups in total. The maximum atomic E-state index is 11.7. The molecule has 18 heavy (non-hydrogen) atoms. The lowest BCUT2D eigenvalue weighted by Gasteiger charge is -2.22. The Morgan fingerprint density at radius 1 is 1.33 bits per heavy atom. The lowest BCUT2D eigenvalue weighted by Crippen LogP contribution is -2.38. The van der Waals surface area contributed by atoms with E-state index in [0.717, 1.165) is 12.0 Å². The molecule has 1 rings (SSSR count). The Bertz CT molecular complexity index is 387. The molecule has 0 bridgehead atoms. The number of nitrogens with one attached hydrogen (secondary N) is 1. The highest BCUT2D eigenvalue weighted by Crippen LogP contribution is 2.12. The van der Waals surface area contributed by atoms with Crippen LogP contribution in [0.4, 0.5) is 0 Å². The van der Waals surface area contributed by atoms with Crippen molar-refractivity contribution < 1.29 is 4.79 Å². The van der Waals surface area contributed by atoms with Gasteiger partial charge in [0.25, 0.3) is 0 Å². The van der Waals surface area contributed by atoms with E-state index >= 15 is 0 Å². The first-order valence-corrected chi connectivity index (χ1v) is 6.52. The third-order valence-electron chi connectivity index (χ3n) is 2.87. The molecule has 1 amide bonds. The molecule has 0 aliphatic carbocycles. The number of hydrogen-bond donors (Lipinski definition) is 2. The fourth-order valence-corrected chi connectivity index (χ4v) is 1.53. The van der Waals surface area contributed by atoms with E-state index in [4.69, 9.17) is 17.3 Å². The van der Waals surface area contributed by atoms with Crippen LogP contribution in [0.5, 0.6) is 0 Å². The number of rotatable bonds is 6. The number of halogens is 1. The standard InChI is InChI=1S/C14H21ClN2O/c1-14(2,9-16)10-17-13(18)8-5-11-3-6-12(15)7-4-11/h3-4,6-7H,5,8-10,16H2,1-2H3,(H,17,18). The van der Waals surface area contributed by atoms with Crippen LogP contribution in [0.1, 0.15) is 25.8 Å². The van der Waals surface area contributed by atoms with Crippen molar-refractivity contribution in [1.29, 1.82) is 0 Å². The minimum absolute atomic E-state index is 0.0457. The molecule has 1 aromatic carbocycles. The van der Waals surface area contributed by atoms with E-state index in [1.165, 1.54) is 0 Å². The van der Waals surface area contributed by atoms with Gasteiger partial charge in [0, 0.05) is 18.0 Å². The molecule has 0 aliphatic rings. The normalized spacial score (nSPS) is 11.3. The number of carbonyl (C=O) groups excluding carboxylic acids is 1. The van der Waals surface area contributed by atoms with Crippen molar-refractivity contribution >= 4 is 17.5 Å². The van der Waals surface area contributed by atoms with Gasteiger partial charge in [0.15, 0.2) is 0 Å². The van der Waals surface area contributed by atoms with Crippen LogP contribution in [0.2, 0.25) is 5.02 Å². The fourth-order valence-electron chi connectivity index (χ4n) is 1.41. The van der Waals surface area contributed by atoms with E-state index in [9.17, 15) is 4.79 Å². The molecule has 0 aliphatic heterocycles. The molecule has 0 fully saturated rings. The van der Waals surface area contributed by atoms with E-state index in [-0.39, 0.29) is 11.3 Å². The van der Waals surface area contributed by atoms with Gasteiger partial charge in [0.2, 0.25) is 5.91 Å². The molecule has 0 aromatic heterocycles. The maximum Gasteiger partial charge on any atom is 0.220 e. The summed E-state index contributed by atoms with van der Waals surface area (Å²) in [6.45, 7) is 5.24. The highest BCUT2D eigenvalue weighted by molar-refractivity contribution is 6.30.